The number of aromatic nitrogens is 2. The first-order valence-electron chi connectivity index (χ1n) is 15.4. The van der Waals surface area contributed by atoms with Crippen LogP contribution in [-0.4, -0.2) is 105 Å². The van der Waals surface area contributed by atoms with E-state index in [2.05, 4.69) is 43.0 Å². The Kier molecular flexibility index (Phi) is 10.6. The normalized spacial score (nSPS) is 18.5. The smallest absolute Gasteiger partial charge is 0.409 e. The number of anilines is 1. The van der Waals surface area contributed by atoms with Crippen molar-refractivity contribution >= 4 is 30.2 Å². The molecule has 3 heterocycles. The van der Waals surface area contributed by atoms with Gasteiger partial charge in [-0.15, -0.1) is 0 Å². The van der Waals surface area contributed by atoms with Crippen LogP contribution in [0.25, 0.3) is 11.4 Å². The Morgan fingerprint density at radius 2 is 1.67 bits per heavy atom. The van der Waals surface area contributed by atoms with Gasteiger partial charge >= 0.3 is 12.1 Å². The number of piperazine rings is 1. The highest BCUT2D eigenvalue weighted by Crippen LogP contribution is 2.33. The van der Waals surface area contributed by atoms with Crippen molar-refractivity contribution in [3.05, 3.63) is 36.4 Å². The molecule has 4 rings (SSSR count). The van der Waals surface area contributed by atoms with Crippen LogP contribution in [0.2, 0.25) is 0 Å². The Morgan fingerprint density at radius 3 is 2.24 bits per heavy atom. The van der Waals surface area contributed by atoms with Gasteiger partial charge in [-0.25, -0.2) is 9.78 Å². The number of amides is 3. The molecule has 1 aromatic carbocycles. The second-order valence-electron chi connectivity index (χ2n) is 12.8. The van der Waals surface area contributed by atoms with Gasteiger partial charge in [0, 0.05) is 68.1 Å². The second kappa shape index (κ2) is 14.2. The molecule has 244 valence electrons. The first-order valence-corrected chi connectivity index (χ1v) is 15.4. The van der Waals surface area contributed by atoms with E-state index in [4.69, 9.17) is 9.47 Å². The van der Waals surface area contributed by atoms with Gasteiger partial charge in [-0.3, -0.25) is 19.3 Å². The zero-order chi connectivity index (χ0) is 32.8. The van der Waals surface area contributed by atoms with Crippen molar-refractivity contribution in [3.8, 4) is 17.3 Å². The van der Waals surface area contributed by atoms with Gasteiger partial charge in [-0.1, -0.05) is 30.3 Å². The van der Waals surface area contributed by atoms with Crippen molar-refractivity contribution in [1.29, 1.82) is 0 Å². The summed E-state index contributed by atoms with van der Waals surface area (Å²) in [7, 11) is 0. The maximum atomic E-state index is 13.9. The van der Waals surface area contributed by atoms with Crippen LogP contribution in [0.3, 0.4) is 0 Å². The van der Waals surface area contributed by atoms with Crippen LogP contribution in [-0.2, 0) is 19.1 Å². The van der Waals surface area contributed by atoms with E-state index in [-0.39, 0.29) is 74.5 Å². The molecule has 0 aliphatic carbocycles. The number of nitrogens with zero attached hydrogens (tertiary/aromatic N) is 5. The van der Waals surface area contributed by atoms with E-state index in [1.807, 2.05) is 30.3 Å². The molecule has 1 aromatic heterocycles. The molecule has 2 saturated heterocycles. The summed E-state index contributed by atoms with van der Waals surface area (Å²) in [5, 5.41) is 13.1. The lowest BCUT2D eigenvalue weighted by molar-refractivity contribution is -0.138. The molecule has 13 nitrogen and oxygen atoms in total. The standard InChI is InChI=1S/C32H44N6O7/c1-6-44-30(43)37-16-14-36(15-17-37)29(42)24(12-13-27(40)41)38(21-39)25-18-26(34-28(33-25)22-10-8-7-9-11-22)45-23-19-31(2,3)35-32(4,5)20-23/h7-11,18,21,23-24,35H,6,12-17,19-20H2,1-5H3,(H,40,41)/t24-/m0/s1. The number of rotatable bonds is 11. The lowest BCUT2D eigenvalue weighted by Gasteiger charge is -2.46. The summed E-state index contributed by atoms with van der Waals surface area (Å²) in [6, 6.07) is 9.59. The first-order chi connectivity index (χ1) is 21.3. The highest BCUT2D eigenvalue weighted by Gasteiger charge is 2.39. The molecule has 0 bridgehead atoms. The molecular formula is C32H44N6O7. The molecule has 2 aliphatic rings. The zero-order valence-corrected chi connectivity index (χ0v) is 26.7. The first kappa shape index (κ1) is 33.6. The molecule has 0 radical (unpaired) electrons. The number of hydrogen-bond donors (Lipinski definition) is 2. The molecule has 13 heteroatoms. The van der Waals surface area contributed by atoms with Crippen LogP contribution < -0.4 is 15.0 Å². The summed E-state index contributed by atoms with van der Waals surface area (Å²) in [6.07, 6.45) is 0.801. The van der Waals surface area contributed by atoms with Gasteiger partial charge in [0.05, 0.1) is 6.61 Å². The Morgan fingerprint density at radius 1 is 1.04 bits per heavy atom. The van der Waals surface area contributed by atoms with Gasteiger partial charge in [-0.2, -0.15) is 4.98 Å². The molecule has 45 heavy (non-hydrogen) atoms. The van der Waals surface area contributed by atoms with Crippen molar-refractivity contribution < 1.29 is 33.8 Å². The average molecular weight is 625 g/mol. The molecule has 0 saturated carbocycles. The fourth-order valence-corrected chi connectivity index (χ4v) is 6.27. The van der Waals surface area contributed by atoms with E-state index in [1.165, 1.54) is 20.8 Å². The predicted octanol–water partition coefficient (Wildman–Crippen LogP) is 3.33. The SMILES string of the molecule is CCOC(=O)N1CCN(C(=O)[C@H](CCC(=O)O)N(C=O)c2cc(OC3CC(C)(C)NC(C)(C)C3)nc(-c3ccccc3)n2)CC1. The Hall–Kier alpha value is -4.26. The van der Waals surface area contributed by atoms with E-state index in [0.29, 0.717) is 30.6 Å². The Bertz CT molecular complexity index is 1350. The third-order valence-electron chi connectivity index (χ3n) is 7.91. The zero-order valence-electron chi connectivity index (χ0n) is 26.7. The van der Waals surface area contributed by atoms with Crippen LogP contribution in [0.15, 0.2) is 36.4 Å². The molecule has 0 unspecified atom stereocenters. The molecule has 1 atom stereocenters. The summed E-state index contributed by atoms with van der Waals surface area (Å²) >= 11 is 0. The topological polar surface area (TPSA) is 154 Å². The maximum absolute atomic E-state index is 13.9. The number of carbonyl (C=O) groups is 4. The maximum Gasteiger partial charge on any atom is 0.409 e. The highest BCUT2D eigenvalue weighted by molar-refractivity contribution is 5.92. The summed E-state index contributed by atoms with van der Waals surface area (Å²) in [4.78, 5) is 64.0. The average Bonchev–Trinajstić information content (AvgIpc) is 2.97. The molecule has 2 aromatic rings. The van der Waals surface area contributed by atoms with Crippen LogP contribution in [0.5, 0.6) is 5.88 Å². The van der Waals surface area contributed by atoms with E-state index >= 15 is 0 Å². The predicted molar refractivity (Wildman–Crippen MR) is 167 cm³/mol. The van der Waals surface area contributed by atoms with Crippen molar-refractivity contribution in [2.75, 3.05) is 37.7 Å². The van der Waals surface area contributed by atoms with Crippen LogP contribution in [0, 0.1) is 0 Å². The minimum absolute atomic E-state index is 0.121. The minimum atomic E-state index is -1.16. The van der Waals surface area contributed by atoms with Crippen LogP contribution >= 0.6 is 0 Å². The van der Waals surface area contributed by atoms with Crippen molar-refractivity contribution in [2.45, 2.75) is 83.5 Å². The second-order valence-corrected chi connectivity index (χ2v) is 12.8. The monoisotopic (exact) mass is 624 g/mol. The summed E-state index contributed by atoms with van der Waals surface area (Å²) < 4.78 is 11.5. The third-order valence-corrected chi connectivity index (χ3v) is 7.91. The third kappa shape index (κ3) is 8.90. The fraction of sp³-hybridized carbons (Fsp3) is 0.562. The van der Waals surface area contributed by atoms with Gasteiger partial charge in [0.2, 0.25) is 18.2 Å². The molecule has 2 fully saturated rings. The van der Waals surface area contributed by atoms with E-state index in [0.717, 1.165) is 0 Å². The van der Waals surface area contributed by atoms with Gasteiger partial charge in [0.25, 0.3) is 0 Å². The molecular weight excluding hydrogens is 580 g/mol. The number of carbonyl (C=O) groups excluding carboxylic acids is 3. The molecule has 2 aliphatic heterocycles. The van der Waals surface area contributed by atoms with Crippen molar-refractivity contribution in [3.63, 3.8) is 0 Å². The summed E-state index contributed by atoms with van der Waals surface area (Å²) in [5.41, 5.74) is 0.306. The number of hydrogen-bond acceptors (Lipinski definition) is 9. The number of ether oxygens (including phenoxy) is 2. The molecule has 3 amide bonds. The van der Waals surface area contributed by atoms with Gasteiger partial charge in [-0.05, 0) is 41.0 Å². The van der Waals surface area contributed by atoms with Gasteiger partial charge in [0.15, 0.2) is 5.82 Å². The largest absolute Gasteiger partial charge is 0.481 e. The molecule has 2 N–H and O–H groups in total. The number of piperidine rings is 1. The number of benzene rings is 1. The van der Waals surface area contributed by atoms with Crippen molar-refractivity contribution in [2.24, 2.45) is 0 Å². The van der Waals surface area contributed by atoms with E-state index in [9.17, 15) is 24.3 Å². The fourth-order valence-electron chi connectivity index (χ4n) is 6.27. The number of nitrogens with one attached hydrogen (secondary N) is 1. The summed E-state index contributed by atoms with van der Waals surface area (Å²) in [5.74, 6) is -0.864. The van der Waals surface area contributed by atoms with Gasteiger partial charge < -0.3 is 29.7 Å². The Balaban J connectivity index is 1.67. The lowest BCUT2D eigenvalue weighted by atomic mass is 9.81. The lowest BCUT2D eigenvalue weighted by Crippen LogP contribution is -2.60. The minimum Gasteiger partial charge on any atom is -0.481 e. The van der Waals surface area contributed by atoms with Crippen LogP contribution in [0.4, 0.5) is 10.6 Å². The number of carboxylic acid groups (broad SMARTS) is 1. The van der Waals surface area contributed by atoms with Gasteiger partial charge in [0.1, 0.15) is 18.0 Å². The molecule has 0 spiro atoms. The number of carboxylic acids is 1. The summed E-state index contributed by atoms with van der Waals surface area (Å²) in [6.45, 7) is 11.4. The van der Waals surface area contributed by atoms with Crippen LogP contribution in [0.1, 0.15) is 60.3 Å². The van der Waals surface area contributed by atoms with E-state index in [1.54, 1.807) is 6.92 Å². The Labute approximate surface area is 263 Å². The van der Waals surface area contributed by atoms with E-state index < -0.39 is 24.0 Å². The number of aliphatic carboxylic acids is 1. The highest BCUT2D eigenvalue weighted by atomic mass is 16.6. The van der Waals surface area contributed by atoms with Crippen molar-refractivity contribution in [1.82, 2.24) is 25.1 Å². The quantitative estimate of drug-likeness (QED) is 0.356.